The number of anilines is 1. The number of carbonyl (C=O) groups is 2. The fraction of sp³-hybridized carbons (Fsp3) is 0.353. The molecule has 9 nitrogen and oxygen atoms in total. The van der Waals surface area contributed by atoms with Crippen LogP contribution in [-0.2, 0) is 14.3 Å². The molecule has 2 heterocycles. The normalized spacial score (nSPS) is 16.1. The summed E-state index contributed by atoms with van der Waals surface area (Å²) in [4.78, 5) is 24.3. The second-order valence-corrected chi connectivity index (χ2v) is 6.08. The van der Waals surface area contributed by atoms with Gasteiger partial charge >= 0.3 is 11.9 Å². The summed E-state index contributed by atoms with van der Waals surface area (Å²) in [5.74, 6) is -0.463. The zero-order chi connectivity index (χ0) is 18.8. The Morgan fingerprint density at radius 1 is 1.19 bits per heavy atom. The third-order valence-electron chi connectivity index (χ3n) is 3.92. The van der Waals surface area contributed by atoms with E-state index >= 15 is 0 Å². The Balaban J connectivity index is 2.06. The van der Waals surface area contributed by atoms with Crippen molar-refractivity contribution in [2.75, 3.05) is 12.4 Å². The van der Waals surface area contributed by atoms with Crippen LogP contribution in [0.25, 0.3) is 0 Å². The van der Waals surface area contributed by atoms with Crippen molar-refractivity contribution in [2.24, 2.45) is 0 Å². The minimum Gasteiger partial charge on any atom is -0.465 e. The molecule has 9 heteroatoms. The van der Waals surface area contributed by atoms with Crippen LogP contribution in [0.3, 0.4) is 0 Å². The molecule has 1 unspecified atom stereocenters. The van der Waals surface area contributed by atoms with Gasteiger partial charge in [0.15, 0.2) is 0 Å². The molecule has 136 valence electrons. The number of rotatable bonds is 4. The summed E-state index contributed by atoms with van der Waals surface area (Å²) in [6, 6.07) is 6.18. The summed E-state index contributed by atoms with van der Waals surface area (Å²) in [5.41, 5.74) is 2.17. The van der Waals surface area contributed by atoms with Gasteiger partial charge in [-0.1, -0.05) is 17.2 Å². The van der Waals surface area contributed by atoms with Crippen molar-refractivity contribution in [2.45, 2.75) is 32.9 Å². The molecule has 0 amide bonds. The standard InChI is InChI=1S/C17H19N5O4/c1-9(2)26-16(24)13-10(3)18-17-19-20-21-22(17)14(13)11-5-7-12(8-6-11)15(23)25-4/h5-9,14H,1-4H3,(H,18,19,21). The van der Waals surface area contributed by atoms with Gasteiger partial charge in [0.1, 0.15) is 6.04 Å². The summed E-state index contributed by atoms with van der Waals surface area (Å²) in [7, 11) is 1.32. The molecule has 1 aromatic carbocycles. The number of ether oxygens (including phenoxy) is 2. The monoisotopic (exact) mass is 357 g/mol. The van der Waals surface area contributed by atoms with Gasteiger partial charge in [-0.2, -0.15) is 4.68 Å². The van der Waals surface area contributed by atoms with E-state index in [4.69, 9.17) is 9.47 Å². The lowest BCUT2D eigenvalue weighted by molar-refractivity contribution is -0.143. The van der Waals surface area contributed by atoms with E-state index in [0.29, 0.717) is 22.8 Å². The van der Waals surface area contributed by atoms with Crippen molar-refractivity contribution in [3.05, 3.63) is 46.7 Å². The number of nitrogens with one attached hydrogen (secondary N) is 1. The fourth-order valence-corrected chi connectivity index (χ4v) is 2.78. The van der Waals surface area contributed by atoms with Crippen LogP contribution in [0, 0.1) is 0 Å². The number of allylic oxidation sites excluding steroid dienone is 1. The molecule has 26 heavy (non-hydrogen) atoms. The molecular formula is C17H19N5O4. The van der Waals surface area contributed by atoms with Crippen molar-refractivity contribution < 1.29 is 19.1 Å². The summed E-state index contributed by atoms with van der Waals surface area (Å²) in [5, 5.41) is 14.6. The van der Waals surface area contributed by atoms with Gasteiger partial charge < -0.3 is 14.8 Å². The van der Waals surface area contributed by atoms with E-state index < -0.39 is 18.0 Å². The Bertz CT molecular complexity index is 870. The molecule has 0 bridgehead atoms. The van der Waals surface area contributed by atoms with Gasteiger partial charge in [-0.05, 0) is 48.9 Å². The number of aromatic nitrogens is 4. The predicted molar refractivity (Wildman–Crippen MR) is 91.3 cm³/mol. The first-order chi connectivity index (χ1) is 12.4. The summed E-state index contributed by atoms with van der Waals surface area (Å²) >= 11 is 0. The molecule has 1 aliphatic rings. The lowest BCUT2D eigenvalue weighted by Crippen LogP contribution is -2.30. The Kier molecular flexibility index (Phi) is 4.70. The van der Waals surface area contributed by atoms with Gasteiger partial charge in [0.2, 0.25) is 5.95 Å². The molecule has 0 aliphatic carbocycles. The molecule has 0 saturated heterocycles. The summed E-state index contributed by atoms with van der Waals surface area (Å²) in [6.45, 7) is 5.34. The third-order valence-corrected chi connectivity index (χ3v) is 3.92. The van der Waals surface area contributed by atoms with E-state index in [1.54, 1.807) is 45.0 Å². The highest BCUT2D eigenvalue weighted by molar-refractivity contribution is 5.93. The summed E-state index contributed by atoms with van der Waals surface area (Å²) in [6.07, 6.45) is -0.264. The predicted octanol–water partition coefficient (Wildman–Crippen LogP) is 1.70. The number of nitrogens with zero attached hydrogens (tertiary/aromatic N) is 4. The van der Waals surface area contributed by atoms with E-state index in [9.17, 15) is 9.59 Å². The van der Waals surface area contributed by atoms with E-state index in [1.165, 1.54) is 11.8 Å². The average molecular weight is 357 g/mol. The van der Waals surface area contributed by atoms with Crippen LogP contribution in [0.4, 0.5) is 5.95 Å². The molecular weight excluding hydrogens is 338 g/mol. The van der Waals surface area contributed by atoms with Gasteiger partial charge in [0.05, 0.1) is 24.4 Å². The van der Waals surface area contributed by atoms with E-state index in [-0.39, 0.29) is 6.10 Å². The molecule has 2 aromatic rings. The first-order valence-electron chi connectivity index (χ1n) is 8.07. The van der Waals surface area contributed by atoms with Crippen molar-refractivity contribution in [3.8, 4) is 0 Å². The second kappa shape index (κ2) is 6.95. The molecule has 1 aliphatic heterocycles. The topological polar surface area (TPSA) is 108 Å². The SMILES string of the molecule is COC(=O)c1ccc(C2C(C(=O)OC(C)C)=C(C)Nc3nnnn32)cc1. The highest BCUT2D eigenvalue weighted by Gasteiger charge is 2.35. The average Bonchev–Trinajstić information content (AvgIpc) is 3.07. The smallest absolute Gasteiger partial charge is 0.338 e. The van der Waals surface area contributed by atoms with Gasteiger partial charge in [0, 0.05) is 5.70 Å². The minimum absolute atomic E-state index is 0.264. The Morgan fingerprint density at radius 3 is 2.50 bits per heavy atom. The number of benzene rings is 1. The number of tetrazole rings is 1. The zero-order valence-corrected chi connectivity index (χ0v) is 14.9. The molecule has 0 fully saturated rings. The lowest BCUT2D eigenvalue weighted by Gasteiger charge is -2.28. The number of methoxy groups -OCH3 is 1. The fourth-order valence-electron chi connectivity index (χ4n) is 2.78. The van der Waals surface area contributed by atoms with E-state index in [2.05, 4.69) is 20.8 Å². The number of fused-ring (bicyclic) bond motifs is 1. The van der Waals surface area contributed by atoms with Crippen molar-refractivity contribution in [1.29, 1.82) is 0 Å². The van der Waals surface area contributed by atoms with Gasteiger partial charge in [-0.3, -0.25) is 0 Å². The van der Waals surface area contributed by atoms with Crippen LogP contribution < -0.4 is 5.32 Å². The Morgan fingerprint density at radius 2 is 1.88 bits per heavy atom. The molecule has 0 radical (unpaired) electrons. The van der Waals surface area contributed by atoms with Crippen molar-refractivity contribution in [3.63, 3.8) is 0 Å². The first-order valence-corrected chi connectivity index (χ1v) is 8.07. The molecule has 0 spiro atoms. The van der Waals surface area contributed by atoms with Crippen LogP contribution in [0.2, 0.25) is 0 Å². The van der Waals surface area contributed by atoms with Crippen LogP contribution in [0.5, 0.6) is 0 Å². The third kappa shape index (κ3) is 3.15. The van der Waals surface area contributed by atoms with E-state index in [1.807, 2.05) is 0 Å². The molecule has 1 N–H and O–H groups in total. The highest BCUT2D eigenvalue weighted by atomic mass is 16.5. The maximum atomic E-state index is 12.7. The van der Waals surface area contributed by atoms with Crippen molar-refractivity contribution in [1.82, 2.24) is 20.2 Å². The van der Waals surface area contributed by atoms with Gasteiger partial charge in [-0.25, -0.2) is 9.59 Å². The van der Waals surface area contributed by atoms with Crippen LogP contribution in [-0.4, -0.2) is 45.4 Å². The number of carbonyl (C=O) groups excluding carboxylic acids is 2. The van der Waals surface area contributed by atoms with E-state index in [0.717, 1.165) is 5.56 Å². The molecule has 1 aromatic heterocycles. The van der Waals surface area contributed by atoms with Gasteiger partial charge in [0.25, 0.3) is 0 Å². The number of hydrogen-bond donors (Lipinski definition) is 1. The van der Waals surface area contributed by atoms with Crippen LogP contribution in [0.1, 0.15) is 42.7 Å². The minimum atomic E-state index is -0.570. The largest absolute Gasteiger partial charge is 0.465 e. The lowest BCUT2D eigenvalue weighted by atomic mass is 9.95. The number of hydrogen-bond acceptors (Lipinski definition) is 8. The molecule has 1 atom stereocenters. The zero-order valence-electron chi connectivity index (χ0n) is 14.9. The van der Waals surface area contributed by atoms with Crippen LogP contribution in [0.15, 0.2) is 35.5 Å². The molecule has 3 rings (SSSR count). The van der Waals surface area contributed by atoms with Crippen molar-refractivity contribution >= 4 is 17.9 Å². The maximum absolute atomic E-state index is 12.7. The highest BCUT2D eigenvalue weighted by Crippen LogP contribution is 2.35. The first kappa shape index (κ1) is 17.6. The Labute approximate surface area is 150 Å². The van der Waals surface area contributed by atoms with Gasteiger partial charge in [-0.15, -0.1) is 0 Å². The maximum Gasteiger partial charge on any atom is 0.338 e. The molecule has 0 saturated carbocycles. The number of esters is 2. The summed E-state index contributed by atoms with van der Waals surface area (Å²) < 4.78 is 11.6. The van der Waals surface area contributed by atoms with Crippen LogP contribution >= 0.6 is 0 Å². The second-order valence-electron chi connectivity index (χ2n) is 6.08. The Hall–Kier alpha value is -3.23. The quantitative estimate of drug-likeness (QED) is 0.824.